The number of hydrogen-bond acceptors (Lipinski definition) is 4. The number of halogens is 2. The molecule has 0 unspecified atom stereocenters. The second-order valence-electron chi connectivity index (χ2n) is 5.82. The number of carbonyl (C=O) groups excluding carboxylic acids is 1. The maximum absolute atomic E-state index is 13.2. The van der Waals surface area contributed by atoms with Crippen LogP contribution in [-0.2, 0) is 6.54 Å². The number of hydrogen-bond donors (Lipinski definition) is 1. The Morgan fingerprint density at radius 1 is 1.19 bits per heavy atom. The van der Waals surface area contributed by atoms with Gasteiger partial charge < -0.3 is 10.2 Å². The molecule has 27 heavy (non-hydrogen) atoms. The lowest BCUT2D eigenvalue weighted by atomic mass is 10.2. The van der Waals surface area contributed by atoms with Crippen molar-refractivity contribution in [3.63, 3.8) is 0 Å². The summed E-state index contributed by atoms with van der Waals surface area (Å²) in [5.74, 6) is -0.498. The molecule has 0 aliphatic rings. The van der Waals surface area contributed by atoms with Gasteiger partial charge in [0.2, 0.25) is 5.95 Å². The molecule has 0 spiro atoms. The maximum atomic E-state index is 13.2. The Bertz CT molecular complexity index is 936. The van der Waals surface area contributed by atoms with Crippen LogP contribution in [0.3, 0.4) is 0 Å². The van der Waals surface area contributed by atoms with Gasteiger partial charge in [-0.3, -0.25) is 4.79 Å². The predicted molar refractivity (Wildman–Crippen MR) is 105 cm³/mol. The molecule has 0 atom stereocenters. The summed E-state index contributed by atoms with van der Waals surface area (Å²) in [5.41, 5.74) is 1.73. The molecule has 138 valence electrons. The molecular weight excluding hydrogens is 367 g/mol. The first kappa shape index (κ1) is 18.8. The van der Waals surface area contributed by atoms with Crippen LogP contribution in [0.5, 0.6) is 0 Å². The third-order valence-electron chi connectivity index (χ3n) is 3.93. The fourth-order valence-corrected chi connectivity index (χ4v) is 2.70. The average Bonchev–Trinajstić information content (AvgIpc) is 2.70. The molecule has 1 aromatic heterocycles. The molecule has 2 aromatic carbocycles. The zero-order chi connectivity index (χ0) is 19.2. The van der Waals surface area contributed by atoms with Crippen molar-refractivity contribution in [3.8, 4) is 0 Å². The van der Waals surface area contributed by atoms with Crippen LogP contribution in [-0.4, -0.2) is 22.4 Å². The fourth-order valence-electron chi connectivity index (χ4n) is 2.52. The summed E-state index contributed by atoms with van der Waals surface area (Å²) in [5, 5.41) is 2.60. The van der Waals surface area contributed by atoms with Crippen molar-refractivity contribution in [2.75, 3.05) is 16.8 Å². The number of rotatable bonds is 6. The lowest BCUT2D eigenvalue weighted by Crippen LogP contribution is -2.25. The molecular formula is C20H18ClFN4O. The Kier molecular flexibility index (Phi) is 5.98. The van der Waals surface area contributed by atoms with E-state index in [2.05, 4.69) is 15.3 Å². The van der Waals surface area contributed by atoms with Crippen LogP contribution in [0.4, 0.5) is 16.0 Å². The van der Waals surface area contributed by atoms with Gasteiger partial charge in [0.1, 0.15) is 11.5 Å². The SMILES string of the molecule is CCN(Cc1ccccc1)c1nccc(C(=O)Nc2ccc(F)c(Cl)c2)n1. The number of aromatic nitrogens is 2. The van der Waals surface area contributed by atoms with Crippen molar-refractivity contribution in [1.29, 1.82) is 0 Å². The molecule has 0 saturated carbocycles. The summed E-state index contributed by atoms with van der Waals surface area (Å²) in [6, 6.07) is 15.5. The largest absolute Gasteiger partial charge is 0.337 e. The number of carbonyl (C=O) groups is 1. The van der Waals surface area contributed by atoms with E-state index in [-0.39, 0.29) is 10.7 Å². The molecule has 5 nitrogen and oxygen atoms in total. The van der Waals surface area contributed by atoms with Gasteiger partial charge in [-0.1, -0.05) is 41.9 Å². The van der Waals surface area contributed by atoms with Gasteiger partial charge >= 0.3 is 0 Å². The molecule has 0 aliphatic heterocycles. The van der Waals surface area contributed by atoms with Crippen molar-refractivity contribution < 1.29 is 9.18 Å². The summed E-state index contributed by atoms with van der Waals surface area (Å²) in [6.07, 6.45) is 1.54. The molecule has 1 amide bonds. The highest BCUT2D eigenvalue weighted by Crippen LogP contribution is 2.20. The molecule has 3 rings (SSSR count). The van der Waals surface area contributed by atoms with E-state index >= 15 is 0 Å². The smallest absolute Gasteiger partial charge is 0.274 e. The van der Waals surface area contributed by atoms with Gasteiger partial charge in [-0.15, -0.1) is 0 Å². The van der Waals surface area contributed by atoms with Crippen LogP contribution in [0.2, 0.25) is 5.02 Å². The van der Waals surface area contributed by atoms with Crippen LogP contribution >= 0.6 is 11.6 Å². The van der Waals surface area contributed by atoms with E-state index in [0.29, 0.717) is 24.7 Å². The van der Waals surface area contributed by atoms with Crippen molar-refractivity contribution in [2.24, 2.45) is 0 Å². The Hall–Kier alpha value is -2.99. The molecule has 7 heteroatoms. The first-order chi connectivity index (χ1) is 13.1. The second kappa shape index (κ2) is 8.60. The summed E-state index contributed by atoms with van der Waals surface area (Å²) in [7, 11) is 0. The van der Waals surface area contributed by atoms with Crippen LogP contribution in [0.15, 0.2) is 60.8 Å². The first-order valence-electron chi connectivity index (χ1n) is 8.45. The zero-order valence-corrected chi connectivity index (χ0v) is 15.4. The van der Waals surface area contributed by atoms with Gasteiger partial charge in [-0.25, -0.2) is 14.4 Å². The highest BCUT2D eigenvalue weighted by molar-refractivity contribution is 6.31. The fraction of sp³-hybridized carbons (Fsp3) is 0.150. The Morgan fingerprint density at radius 3 is 2.67 bits per heavy atom. The van der Waals surface area contributed by atoms with Gasteiger partial charge in [0, 0.05) is 25.0 Å². The Labute approximate surface area is 161 Å². The second-order valence-corrected chi connectivity index (χ2v) is 6.23. The number of nitrogens with zero attached hydrogens (tertiary/aromatic N) is 3. The van der Waals surface area contributed by atoms with E-state index in [4.69, 9.17) is 11.6 Å². The topological polar surface area (TPSA) is 58.1 Å². The number of anilines is 2. The highest BCUT2D eigenvalue weighted by Gasteiger charge is 2.14. The van der Waals surface area contributed by atoms with E-state index in [9.17, 15) is 9.18 Å². The van der Waals surface area contributed by atoms with Gasteiger partial charge in [-0.2, -0.15) is 0 Å². The van der Waals surface area contributed by atoms with E-state index in [1.54, 1.807) is 6.20 Å². The number of benzene rings is 2. The molecule has 0 saturated heterocycles. The minimum Gasteiger partial charge on any atom is -0.337 e. The monoisotopic (exact) mass is 384 g/mol. The van der Waals surface area contributed by atoms with E-state index in [1.165, 1.54) is 24.3 Å². The summed E-state index contributed by atoms with van der Waals surface area (Å²) in [6.45, 7) is 3.32. The molecule has 1 N–H and O–H groups in total. The van der Waals surface area contributed by atoms with Crippen LogP contribution in [0.1, 0.15) is 23.0 Å². The molecule has 3 aromatic rings. The third-order valence-corrected chi connectivity index (χ3v) is 4.22. The molecule has 0 bridgehead atoms. The zero-order valence-electron chi connectivity index (χ0n) is 14.7. The summed E-state index contributed by atoms with van der Waals surface area (Å²) < 4.78 is 13.2. The van der Waals surface area contributed by atoms with E-state index in [1.807, 2.05) is 42.2 Å². The summed E-state index contributed by atoms with van der Waals surface area (Å²) in [4.78, 5) is 23.1. The Balaban J connectivity index is 1.77. The third kappa shape index (κ3) is 4.80. The van der Waals surface area contributed by atoms with Gasteiger partial charge in [0.25, 0.3) is 5.91 Å². The van der Waals surface area contributed by atoms with Gasteiger partial charge in [-0.05, 0) is 36.8 Å². The maximum Gasteiger partial charge on any atom is 0.274 e. The quantitative estimate of drug-likeness (QED) is 0.677. The van der Waals surface area contributed by atoms with Crippen molar-refractivity contribution in [3.05, 3.63) is 82.9 Å². The van der Waals surface area contributed by atoms with Crippen molar-refractivity contribution >= 4 is 29.1 Å². The highest BCUT2D eigenvalue weighted by atomic mass is 35.5. The molecule has 0 radical (unpaired) electrons. The minimum atomic E-state index is -0.543. The Morgan fingerprint density at radius 2 is 1.96 bits per heavy atom. The van der Waals surface area contributed by atoms with E-state index in [0.717, 1.165) is 5.56 Å². The molecule has 0 aliphatic carbocycles. The normalized spacial score (nSPS) is 10.5. The molecule has 1 heterocycles. The van der Waals surface area contributed by atoms with E-state index < -0.39 is 11.7 Å². The van der Waals surface area contributed by atoms with Gasteiger partial charge in [0.05, 0.1) is 5.02 Å². The lowest BCUT2D eigenvalue weighted by Gasteiger charge is -2.21. The van der Waals surface area contributed by atoms with Crippen LogP contribution in [0.25, 0.3) is 0 Å². The average molecular weight is 385 g/mol. The van der Waals surface area contributed by atoms with Crippen LogP contribution < -0.4 is 10.2 Å². The lowest BCUT2D eigenvalue weighted by molar-refractivity contribution is 0.102. The number of nitrogens with one attached hydrogen (secondary N) is 1. The van der Waals surface area contributed by atoms with Crippen molar-refractivity contribution in [1.82, 2.24) is 9.97 Å². The number of amides is 1. The summed E-state index contributed by atoms with van der Waals surface area (Å²) >= 11 is 5.75. The molecule has 0 fully saturated rings. The van der Waals surface area contributed by atoms with Gasteiger partial charge in [0.15, 0.2) is 0 Å². The van der Waals surface area contributed by atoms with Crippen molar-refractivity contribution in [2.45, 2.75) is 13.5 Å². The standard InChI is InChI=1S/C20H18ClFN4O/c1-2-26(13-14-6-4-3-5-7-14)20-23-11-10-18(25-20)19(27)24-15-8-9-17(22)16(21)12-15/h3-12H,2,13H2,1H3,(H,24,27). The predicted octanol–water partition coefficient (Wildman–Crippen LogP) is 4.55. The minimum absolute atomic E-state index is 0.0591. The first-order valence-corrected chi connectivity index (χ1v) is 8.83. The van der Waals surface area contributed by atoms with Crippen LogP contribution in [0, 0.1) is 5.82 Å².